The molecule has 1 aromatic rings. The summed E-state index contributed by atoms with van der Waals surface area (Å²) in [7, 11) is 1.63. The van der Waals surface area contributed by atoms with Crippen molar-refractivity contribution in [2.75, 3.05) is 23.9 Å². The minimum Gasteiger partial charge on any atom is -0.379 e. The molecule has 1 saturated heterocycles. The molecule has 0 spiro atoms. The van der Waals surface area contributed by atoms with Gasteiger partial charge in [0.25, 0.3) is 0 Å². The highest BCUT2D eigenvalue weighted by atomic mass is 32.2. The van der Waals surface area contributed by atoms with E-state index in [1.165, 1.54) is 12.2 Å². The molecule has 6 heteroatoms. The van der Waals surface area contributed by atoms with Gasteiger partial charge in [-0.15, -0.1) is 0 Å². The van der Waals surface area contributed by atoms with Crippen molar-refractivity contribution in [2.45, 2.75) is 19.0 Å². The van der Waals surface area contributed by atoms with E-state index in [-0.39, 0.29) is 12.5 Å². The summed E-state index contributed by atoms with van der Waals surface area (Å²) in [5.74, 6) is 2.34. The van der Waals surface area contributed by atoms with Gasteiger partial charge in [-0.25, -0.2) is 0 Å². The Labute approximate surface area is 99.0 Å². The molecule has 0 saturated carbocycles. The quantitative estimate of drug-likeness (QED) is 0.807. The number of aromatic nitrogens is 2. The summed E-state index contributed by atoms with van der Waals surface area (Å²) in [6.07, 6.45) is 4.84. The van der Waals surface area contributed by atoms with E-state index in [1.807, 2.05) is 18.0 Å². The topological polar surface area (TPSA) is 59.0 Å². The van der Waals surface area contributed by atoms with E-state index >= 15 is 0 Å². The lowest BCUT2D eigenvalue weighted by Crippen LogP contribution is -2.23. The monoisotopic (exact) mass is 240 g/mol. The molecule has 88 valence electrons. The predicted molar refractivity (Wildman–Crippen MR) is 65.6 cm³/mol. The zero-order chi connectivity index (χ0) is 11.4. The van der Waals surface area contributed by atoms with Crippen molar-refractivity contribution in [1.29, 1.82) is 0 Å². The van der Waals surface area contributed by atoms with Gasteiger partial charge >= 0.3 is 0 Å². The second-order valence-corrected chi connectivity index (χ2v) is 4.95. The molecule has 1 fully saturated rings. The van der Waals surface area contributed by atoms with Crippen LogP contribution in [0.25, 0.3) is 0 Å². The molecular weight excluding hydrogens is 224 g/mol. The van der Waals surface area contributed by atoms with Crippen molar-refractivity contribution in [1.82, 2.24) is 15.1 Å². The number of nitrogens with zero attached hydrogens (tertiary/aromatic N) is 2. The van der Waals surface area contributed by atoms with E-state index < -0.39 is 0 Å². The lowest BCUT2D eigenvalue weighted by Gasteiger charge is -2.09. The first kappa shape index (κ1) is 11.3. The van der Waals surface area contributed by atoms with Crippen molar-refractivity contribution >= 4 is 23.4 Å². The Bertz CT molecular complexity index is 359. The van der Waals surface area contributed by atoms with Gasteiger partial charge in [-0.1, -0.05) is 0 Å². The van der Waals surface area contributed by atoms with Crippen LogP contribution in [-0.4, -0.2) is 40.3 Å². The Hall–Kier alpha value is -1.17. The maximum absolute atomic E-state index is 11.1. The van der Waals surface area contributed by atoms with Gasteiger partial charge < -0.3 is 10.6 Å². The van der Waals surface area contributed by atoms with Crippen molar-refractivity contribution in [3.8, 4) is 0 Å². The predicted octanol–water partition coefficient (Wildman–Crippen LogP) is 0.546. The summed E-state index contributed by atoms with van der Waals surface area (Å²) >= 11 is 1.97. The van der Waals surface area contributed by atoms with E-state index in [9.17, 15) is 4.79 Å². The Morgan fingerprint density at radius 2 is 2.62 bits per heavy atom. The molecule has 1 aliphatic heterocycles. The highest BCUT2D eigenvalue weighted by molar-refractivity contribution is 7.99. The van der Waals surface area contributed by atoms with Crippen LogP contribution in [0.1, 0.15) is 6.42 Å². The fourth-order valence-corrected chi connectivity index (χ4v) is 2.79. The van der Waals surface area contributed by atoms with Crippen LogP contribution in [0.2, 0.25) is 0 Å². The molecular formula is C10H16N4OS. The Kier molecular flexibility index (Phi) is 3.71. The van der Waals surface area contributed by atoms with Gasteiger partial charge in [-0.05, 0) is 12.2 Å². The van der Waals surface area contributed by atoms with Crippen LogP contribution >= 0.6 is 11.8 Å². The van der Waals surface area contributed by atoms with E-state index in [2.05, 4.69) is 15.7 Å². The summed E-state index contributed by atoms with van der Waals surface area (Å²) < 4.78 is 1.64. The summed E-state index contributed by atoms with van der Waals surface area (Å²) in [6, 6.07) is 0.544. The summed E-state index contributed by atoms with van der Waals surface area (Å²) in [5, 5.41) is 10.1. The van der Waals surface area contributed by atoms with Crippen molar-refractivity contribution in [3.63, 3.8) is 0 Å². The SMILES string of the molecule is CNC(=O)Cn1cc(NC2CCSC2)cn1. The smallest absolute Gasteiger partial charge is 0.241 e. The second-order valence-electron chi connectivity index (χ2n) is 3.80. The van der Waals surface area contributed by atoms with Crippen molar-refractivity contribution < 1.29 is 4.79 Å². The zero-order valence-electron chi connectivity index (χ0n) is 9.27. The average molecular weight is 240 g/mol. The van der Waals surface area contributed by atoms with E-state index in [1.54, 1.807) is 17.9 Å². The number of amides is 1. The van der Waals surface area contributed by atoms with E-state index in [0.29, 0.717) is 6.04 Å². The largest absolute Gasteiger partial charge is 0.379 e. The van der Waals surface area contributed by atoms with Crippen LogP contribution in [0.4, 0.5) is 5.69 Å². The van der Waals surface area contributed by atoms with Crippen LogP contribution in [-0.2, 0) is 11.3 Å². The maximum Gasteiger partial charge on any atom is 0.241 e. The molecule has 1 aliphatic rings. The Morgan fingerprint density at radius 1 is 1.75 bits per heavy atom. The van der Waals surface area contributed by atoms with Gasteiger partial charge in [0.2, 0.25) is 5.91 Å². The number of hydrogen-bond acceptors (Lipinski definition) is 4. The normalized spacial score (nSPS) is 19.7. The molecule has 0 aromatic carbocycles. The van der Waals surface area contributed by atoms with Gasteiger partial charge in [-0.3, -0.25) is 9.48 Å². The van der Waals surface area contributed by atoms with Gasteiger partial charge in [0.05, 0.1) is 11.9 Å². The number of nitrogens with one attached hydrogen (secondary N) is 2. The molecule has 1 aromatic heterocycles. The molecule has 1 amide bonds. The number of rotatable bonds is 4. The van der Waals surface area contributed by atoms with Crippen LogP contribution < -0.4 is 10.6 Å². The molecule has 1 atom stereocenters. The third kappa shape index (κ3) is 2.91. The fraction of sp³-hybridized carbons (Fsp3) is 0.600. The molecule has 2 heterocycles. The van der Waals surface area contributed by atoms with Crippen LogP contribution in [0.15, 0.2) is 12.4 Å². The third-order valence-corrected chi connectivity index (χ3v) is 3.68. The van der Waals surface area contributed by atoms with Crippen LogP contribution in [0.5, 0.6) is 0 Å². The third-order valence-electron chi connectivity index (χ3n) is 2.52. The van der Waals surface area contributed by atoms with E-state index in [0.717, 1.165) is 11.4 Å². The number of thioether (sulfide) groups is 1. The molecule has 2 N–H and O–H groups in total. The summed E-state index contributed by atoms with van der Waals surface area (Å²) in [4.78, 5) is 11.1. The first-order valence-corrected chi connectivity index (χ1v) is 6.50. The van der Waals surface area contributed by atoms with Gasteiger partial charge in [0, 0.05) is 25.0 Å². The zero-order valence-corrected chi connectivity index (χ0v) is 10.1. The lowest BCUT2D eigenvalue weighted by molar-refractivity contribution is -0.121. The molecule has 0 bridgehead atoms. The molecule has 0 aliphatic carbocycles. The number of hydrogen-bond donors (Lipinski definition) is 2. The number of anilines is 1. The van der Waals surface area contributed by atoms with Gasteiger partial charge in [0.1, 0.15) is 6.54 Å². The highest BCUT2D eigenvalue weighted by Crippen LogP contribution is 2.20. The van der Waals surface area contributed by atoms with Gasteiger partial charge in [-0.2, -0.15) is 16.9 Å². The number of likely N-dealkylation sites (N-methyl/N-ethyl adjacent to an activating group) is 1. The van der Waals surface area contributed by atoms with E-state index in [4.69, 9.17) is 0 Å². The second kappa shape index (κ2) is 5.25. The first-order chi connectivity index (χ1) is 7.78. The maximum atomic E-state index is 11.1. The van der Waals surface area contributed by atoms with Crippen LogP contribution in [0, 0.1) is 0 Å². The minimum absolute atomic E-state index is 0.0360. The summed E-state index contributed by atoms with van der Waals surface area (Å²) in [6.45, 7) is 0.275. The molecule has 2 rings (SSSR count). The van der Waals surface area contributed by atoms with Crippen molar-refractivity contribution in [2.24, 2.45) is 0 Å². The Morgan fingerprint density at radius 3 is 3.31 bits per heavy atom. The van der Waals surface area contributed by atoms with Crippen LogP contribution in [0.3, 0.4) is 0 Å². The standard InChI is InChI=1S/C10H16N4OS/c1-11-10(15)6-14-5-9(4-12-14)13-8-2-3-16-7-8/h4-5,8,13H,2-3,6-7H2,1H3,(H,11,15). The first-order valence-electron chi connectivity index (χ1n) is 5.35. The summed E-state index contributed by atoms with van der Waals surface area (Å²) in [5.41, 5.74) is 0.997. The molecule has 1 unspecified atom stereocenters. The highest BCUT2D eigenvalue weighted by Gasteiger charge is 2.15. The molecule has 0 radical (unpaired) electrons. The van der Waals surface area contributed by atoms with Crippen molar-refractivity contribution in [3.05, 3.63) is 12.4 Å². The number of carbonyl (C=O) groups excluding carboxylic acids is 1. The molecule has 16 heavy (non-hydrogen) atoms. The number of carbonyl (C=O) groups is 1. The average Bonchev–Trinajstić information content (AvgIpc) is 2.91. The Balaban J connectivity index is 1.88. The van der Waals surface area contributed by atoms with Gasteiger partial charge in [0.15, 0.2) is 0 Å². The minimum atomic E-state index is -0.0360. The molecule has 5 nitrogen and oxygen atoms in total. The fourth-order valence-electron chi connectivity index (χ4n) is 1.63. The lowest BCUT2D eigenvalue weighted by atomic mass is 10.2.